The van der Waals surface area contributed by atoms with Gasteiger partial charge in [0.1, 0.15) is 0 Å². The molecule has 10 aromatic rings. The molecule has 0 radical (unpaired) electrons. The monoisotopic (exact) mass is 612 g/mol. The first-order chi connectivity index (χ1) is 23.8. The first kappa shape index (κ1) is 25.5. The predicted octanol–water partition coefficient (Wildman–Crippen LogP) is 9.93. The second-order valence-electron chi connectivity index (χ2n) is 12.3. The highest BCUT2D eigenvalue weighted by Crippen LogP contribution is 2.46. The summed E-state index contributed by atoms with van der Waals surface area (Å²) >= 11 is 0. The van der Waals surface area contributed by atoms with Crippen molar-refractivity contribution in [1.29, 1.82) is 0 Å². The average Bonchev–Trinajstić information content (AvgIpc) is 3.78. The number of hydrogen-bond donors (Lipinski definition) is 0. The van der Waals surface area contributed by atoms with Crippen molar-refractivity contribution in [3.05, 3.63) is 146 Å². The van der Waals surface area contributed by atoms with E-state index in [4.69, 9.17) is 19.9 Å². The molecule has 0 bridgehead atoms. The largest absolute Gasteiger partial charge is 0.278 e. The lowest BCUT2D eigenvalue weighted by Gasteiger charge is -2.11. The van der Waals surface area contributed by atoms with E-state index in [-0.39, 0.29) is 0 Å². The van der Waals surface area contributed by atoms with Crippen LogP contribution in [-0.2, 0) is 0 Å². The second-order valence-corrected chi connectivity index (χ2v) is 12.3. The molecule has 0 spiro atoms. The Morgan fingerprint density at radius 1 is 0.354 bits per heavy atom. The Morgan fingerprint density at radius 2 is 0.812 bits per heavy atom. The van der Waals surface area contributed by atoms with Gasteiger partial charge < -0.3 is 0 Å². The van der Waals surface area contributed by atoms with Gasteiger partial charge in [-0.15, -0.1) is 0 Å². The van der Waals surface area contributed by atoms with Crippen LogP contribution in [0.1, 0.15) is 0 Å². The molecule has 0 aliphatic heterocycles. The molecule has 6 heteroatoms. The van der Waals surface area contributed by atoms with Crippen molar-refractivity contribution in [3.63, 3.8) is 0 Å². The van der Waals surface area contributed by atoms with Crippen molar-refractivity contribution in [1.82, 2.24) is 29.1 Å². The van der Waals surface area contributed by atoms with Crippen molar-refractivity contribution in [2.75, 3.05) is 0 Å². The first-order valence-electron chi connectivity index (χ1n) is 16.1. The van der Waals surface area contributed by atoms with Crippen LogP contribution in [0.25, 0.3) is 100 Å². The maximum atomic E-state index is 5.29. The van der Waals surface area contributed by atoms with Gasteiger partial charge in [-0.1, -0.05) is 115 Å². The molecule has 0 N–H and O–H groups in total. The summed E-state index contributed by atoms with van der Waals surface area (Å²) in [4.78, 5) is 21.0. The molecule has 0 amide bonds. The summed E-state index contributed by atoms with van der Waals surface area (Å²) in [6, 6.07) is 50.9. The van der Waals surface area contributed by atoms with Gasteiger partial charge in [0.2, 0.25) is 11.9 Å². The summed E-state index contributed by atoms with van der Waals surface area (Å²) in [6.07, 6.45) is 0. The molecule has 0 unspecified atom stereocenters. The van der Waals surface area contributed by atoms with Crippen LogP contribution in [0.3, 0.4) is 0 Å². The first-order valence-corrected chi connectivity index (χ1v) is 16.1. The van der Waals surface area contributed by atoms with Gasteiger partial charge in [-0.05, 0) is 41.5 Å². The van der Waals surface area contributed by atoms with Gasteiger partial charge in [-0.2, -0.15) is 9.97 Å². The normalized spacial score (nSPS) is 12.2. The average molecular weight is 613 g/mol. The number of fused-ring (bicyclic) bond motifs is 9. The molecular weight excluding hydrogens is 589 g/mol. The van der Waals surface area contributed by atoms with E-state index in [9.17, 15) is 0 Å². The molecule has 1 aliphatic rings. The van der Waals surface area contributed by atoms with Crippen LogP contribution >= 0.6 is 0 Å². The topological polar surface area (TPSA) is 61.4 Å². The molecule has 6 aromatic carbocycles. The van der Waals surface area contributed by atoms with E-state index in [1.54, 1.807) is 0 Å². The van der Waals surface area contributed by atoms with E-state index < -0.39 is 0 Å². The molecular formula is C42H24N6. The summed E-state index contributed by atoms with van der Waals surface area (Å²) in [5, 5.41) is 5.52. The Morgan fingerprint density at radius 3 is 1.38 bits per heavy atom. The molecule has 4 heterocycles. The molecule has 0 saturated carbocycles. The Kier molecular flexibility index (Phi) is 5.02. The van der Waals surface area contributed by atoms with Crippen LogP contribution in [0.2, 0.25) is 0 Å². The van der Waals surface area contributed by atoms with Crippen molar-refractivity contribution < 1.29 is 0 Å². The van der Waals surface area contributed by atoms with Gasteiger partial charge in [0, 0.05) is 32.7 Å². The van der Waals surface area contributed by atoms with Crippen LogP contribution in [-0.4, -0.2) is 29.1 Å². The summed E-state index contributed by atoms with van der Waals surface area (Å²) in [5.41, 5.74) is 11.0. The van der Waals surface area contributed by atoms with Gasteiger partial charge in [0.15, 0.2) is 5.65 Å². The van der Waals surface area contributed by atoms with Gasteiger partial charge in [-0.25, -0.2) is 9.97 Å². The van der Waals surface area contributed by atoms with Crippen molar-refractivity contribution in [2.24, 2.45) is 0 Å². The fourth-order valence-corrected chi connectivity index (χ4v) is 7.63. The fourth-order valence-electron chi connectivity index (χ4n) is 7.63. The lowest BCUT2D eigenvalue weighted by atomic mass is 10.0. The summed E-state index contributed by atoms with van der Waals surface area (Å²) < 4.78 is 4.34. The van der Waals surface area contributed by atoms with Gasteiger partial charge in [-0.3, -0.25) is 9.13 Å². The van der Waals surface area contributed by atoms with E-state index in [0.717, 1.165) is 71.5 Å². The molecule has 0 atom stereocenters. The summed E-state index contributed by atoms with van der Waals surface area (Å²) in [5.74, 6) is 1.18. The number of aromatic nitrogens is 6. The Hall–Kier alpha value is -6.66. The zero-order valence-electron chi connectivity index (χ0n) is 25.5. The minimum Gasteiger partial charge on any atom is -0.278 e. The zero-order valence-corrected chi connectivity index (χ0v) is 25.5. The maximum Gasteiger partial charge on any atom is 0.237 e. The molecule has 48 heavy (non-hydrogen) atoms. The van der Waals surface area contributed by atoms with Crippen LogP contribution in [0, 0.1) is 0 Å². The quantitative estimate of drug-likeness (QED) is 0.199. The lowest BCUT2D eigenvalue weighted by Crippen LogP contribution is -2.06. The van der Waals surface area contributed by atoms with Crippen molar-refractivity contribution in [3.8, 4) is 45.5 Å². The summed E-state index contributed by atoms with van der Waals surface area (Å²) in [7, 11) is 0. The van der Waals surface area contributed by atoms with E-state index in [0.29, 0.717) is 17.5 Å². The Bertz CT molecular complexity index is 2900. The summed E-state index contributed by atoms with van der Waals surface area (Å²) in [6.45, 7) is 0. The molecule has 0 saturated heterocycles. The van der Waals surface area contributed by atoms with Crippen LogP contribution in [0.4, 0.5) is 0 Å². The number of nitrogens with zero attached hydrogens (tertiary/aromatic N) is 6. The van der Waals surface area contributed by atoms with E-state index >= 15 is 0 Å². The second kappa shape index (κ2) is 9.44. The smallest absolute Gasteiger partial charge is 0.237 e. The van der Waals surface area contributed by atoms with Gasteiger partial charge in [0.05, 0.1) is 38.8 Å². The molecule has 0 fully saturated rings. The van der Waals surface area contributed by atoms with E-state index in [1.807, 2.05) is 0 Å². The number of para-hydroxylation sites is 3. The molecule has 222 valence electrons. The number of benzene rings is 6. The number of rotatable bonds is 3. The predicted molar refractivity (Wildman–Crippen MR) is 194 cm³/mol. The van der Waals surface area contributed by atoms with Crippen LogP contribution in [0.5, 0.6) is 0 Å². The Labute approximate surface area is 274 Å². The van der Waals surface area contributed by atoms with Crippen LogP contribution < -0.4 is 0 Å². The molecule has 1 aliphatic carbocycles. The highest BCUT2D eigenvalue weighted by molar-refractivity contribution is 6.13. The molecule has 11 rings (SSSR count). The van der Waals surface area contributed by atoms with E-state index in [1.165, 1.54) is 11.1 Å². The third-order valence-electron chi connectivity index (χ3n) is 9.73. The van der Waals surface area contributed by atoms with E-state index in [2.05, 4.69) is 155 Å². The zero-order chi connectivity index (χ0) is 31.3. The minimum atomic E-state index is 0.589. The van der Waals surface area contributed by atoms with Crippen molar-refractivity contribution in [2.45, 2.75) is 0 Å². The molecule has 4 aromatic heterocycles. The third-order valence-corrected chi connectivity index (χ3v) is 9.73. The van der Waals surface area contributed by atoms with Gasteiger partial charge >= 0.3 is 0 Å². The highest BCUT2D eigenvalue weighted by Gasteiger charge is 2.29. The van der Waals surface area contributed by atoms with Gasteiger partial charge in [0.25, 0.3) is 0 Å². The van der Waals surface area contributed by atoms with Crippen molar-refractivity contribution >= 4 is 54.6 Å². The molecule has 6 nitrogen and oxygen atoms in total. The maximum absolute atomic E-state index is 5.29. The highest BCUT2D eigenvalue weighted by atomic mass is 15.2. The lowest BCUT2D eigenvalue weighted by molar-refractivity contribution is 0.976. The SMILES string of the molecule is c1ccc(-c2ccc3c(c2)c2ccccc2n3-c2nc3c4c(nc(-n5c6ccccc6c6ccccc65)nc4n2)-c2ccccc2-3)cc1. The third kappa shape index (κ3) is 3.40. The Balaban J connectivity index is 1.23. The fraction of sp³-hybridized carbons (Fsp3) is 0. The minimum absolute atomic E-state index is 0.589. The van der Waals surface area contributed by atoms with Crippen LogP contribution in [0.15, 0.2) is 146 Å². The standard InChI is InChI=1S/C42H24N6/c1-2-12-25(13-3-1)26-22-23-36-32(24-26)29-16-8-11-21-35(29)48(36)42-44-39-31-18-5-4-17-30(31)38-37(39)40(46-42)45-41(43-38)47-33-19-9-6-14-27(33)28-15-7-10-20-34(28)47/h1-24H. The number of hydrogen-bond acceptors (Lipinski definition) is 4.